The predicted molar refractivity (Wildman–Crippen MR) is 214 cm³/mol. The quantitative estimate of drug-likeness (QED) is 0.170. The Kier molecular flexibility index (Phi) is 14.3. The fraction of sp³-hybridized carbons (Fsp3) is 0.643. The topological polar surface area (TPSA) is 121 Å². The molecule has 0 atom stereocenters. The number of carbonyl (C=O) groups is 3. The van der Waals surface area contributed by atoms with Gasteiger partial charge >= 0.3 is 13.2 Å². The molecule has 2 aliphatic carbocycles. The molecule has 0 bridgehead atoms. The number of nitrogens with one attached hydrogen (secondary N) is 3. The number of alkyl halides is 4. The second-order valence-corrected chi connectivity index (χ2v) is 20.4. The van der Waals surface area contributed by atoms with Crippen molar-refractivity contribution >= 4 is 29.5 Å². The van der Waals surface area contributed by atoms with Gasteiger partial charge in [0, 0.05) is 79.6 Å². The fourth-order valence-electron chi connectivity index (χ4n) is 9.16. The summed E-state index contributed by atoms with van der Waals surface area (Å²) in [7, 11) is 0. The van der Waals surface area contributed by atoms with Gasteiger partial charge in [0.15, 0.2) is 0 Å². The lowest BCUT2D eigenvalue weighted by Gasteiger charge is -2.59. The van der Waals surface area contributed by atoms with E-state index in [1.807, 2.05) is 18.7 Å². The highest BCUT2D eigenvalue weighted by atomic mass is 32.2. The smallest absolute Gasteiger partial charge is 0.387 e. The molecule has 3 amide bonds. The van der Waals surface area contributed by atoms with Crippen LogP contribution in [0.5, 0.6) is 11.5 Å². The van der Waals surface area contributed by atoms with Crippen LogP contribution < -0.4 is 25.4 Å². The van der Waals surface area contributed by atoms with Crippen molar-refractivity contribution in [3.8, 4) is 11.5 Å². The van der Waals surface area contributed by atoms with Crippen LogP contribution in [0.2, 0.25) is 0 Å². The molecule has 5 fully saturated rings. The van der Waals surface area contributed by atoms with E-state index in [1.165, 1.54) is 0 Å². The highest BCUT2D eigenvalue weighted by Gasteiger charge is 2.53. The zero-order chi connectivity index (χ0) is 43.5. The molecule has 60 heavy (non-hydrogen) atoms. The molecule has 2 spiro atoms. The maximum absolute atomic E-state index is 13.6. The van der Waals surface area contributed by atoms with Gasteiger partial charge in [0.1, 0.15) is 23.1 Å². The summed E-state index contributed by atoms with van der Waals surface area (Å²) < 4.78 is 90.2. The van der Waals surface area contributed by atoms with Crippen LogP contribution in [-0.4, -0.2) is 122 Å². The van der Waals surface area contributed by atoms with Gasteiger partial charge in [-0.3, -0.25) is 19.3 Å². The molecule has 3 aliphatic heterocycles. The number of thioether (sulfide) groups is 1. The normalized spacial score (nSPS) is 20.5. The van der Waals surface area contributed by atoms with Crippen molar-refractivity contribution in [3.05, 3.63) is 59.2 Å². The van der Waals surface area contributed by atoms with E-state index >= 15 is 0 Å². The molecule has 0 unspecified atom stereocenters. The molecule has 2 saturated carbocycles. The van der Waals surface area contributed by atoms with Crippen molar-refractivity contribution in [1.82, 2.24) is 25.8 Å². The van der Waals surface area contributed by atoms with Crippen molar-refractivity contribution in [1.29, 1.82) is 0 Å². The first-order valence-electron chi connectivity index (χ1n) is 20.2. The first-order chi connectivity index (χ1) is 28.2. The van der Waals surface area contributed by atoms with E-state index < -0.39 is 36.7 Å². The van der Waals surface area contributed by atoms with Crippen LogP contribution in [-0.2, 0) is 9.53 Å². The van der Waals surface area contributed by atoms with Crippen molar-refractivity contribution < 1.29 is 54.9 Å². The van der Waals surface area contributed by atoms with E-state index in [9.17, 15) is 40.7 Å². The largest absolute Gasteiger partial charge is 0.435 e. The number of nitrogens with zero attached hydrogens (tertiary/aromatic N) is 2. The summed E-state index contributed by atoms with van der Waals surface area (Å²) in [5.74, 6) is -1.48. The lowest BCUT2D eigenvalue weighted by molar-refractivity contribution is -0.140. The standard InChI is InChI=1S/C21H26F3N3O4.C21H29F3N2O2S/c1-20(11-30-12-20)26-17(28)8-27-9-21(10-27)5-13(6-21)7-25-18(29)14-2-15(22)4-16(3-14)31-19(23)24;1-20(2,3)29-5-4-26-12-21(13-26)9-14(10-21)11-25-18(27)15-6-16(22)8-17(7-15)28-19(23)24/h2-4,13,19H,5-12H2,1H3,(H,25,29)(H,26,28);6-8,14,19H,4-5,9-13H2,1-3H3,(H,25,27). The molecule has 18 heteroatoms. The maximum atomic E-state index is 13.6. The maximum Gasteiger partial charge on any atom is 0.387 e. The van der Waals surface area contributed by atoms with Gasteiger partial charge in [0.2, 0.25) is 5.91 Å². The van der Waals surface area contributed by atoms with Crippen molar-refractivity contribution in [2.24, 2.45) is 22.7 Å². The molecule has 332 valence electrons. The van der Waals surface area contributed by atoms with E-state index in [4.69, 9.17) is 4.74 Å². The van der Waals surface area contributed by atoms with Crippen LogP contribution in [0.1, 0.15) is 74.1 Å². The minimum atomic E-state index is -3.09. The number of likely N-dealkylation sites (tertiary alicyclic amines) is 2. The average Bonchev–Trinajstić information content (AvgIpc) is 3.05. The van der Waals surface area contributed by atoms with Crippen LogP contribution in [0.3, 0.4) is 0 Å². The molecular formula is C42H55F6N5O6S. The van der Waals surface area contributed by atoms with Crippen LogP contribution in [0.25, 0.3) is 0 Å². The molecule has 3 heterocycles. The van der Waals surface area contributed by atoms with Gasteiger partial charge in [-0.2, -0.15) is 29.3 Å². The van der Waals surface area contributed by atoms with Crippen LogP contribution in [0.4, 0.5) is 26.3 Å². The first kappa shape index (κ1) is 45.8. The zero-order valence-electron chi connectivity index (χ0n) is 34.4. The second kappa shape index (κ2) is 18.7. The SMILES string of the molecule is CC(C)(C)SCCN1CC2(CC(CNC(=O)c3cc(F)cc(OC(F)F)c3)C2)C1.CC1(NC(=O)CN2CC3(CC(CNC(=O)c4cc(F)cc(OC(F)F)c4)C3)C2)COC1. The summed E-state index contributed by atoms with van der Waals surface area (Å²) in [5, 5.41) is 8.53. The van der Waals surface area contributed by atoms with Gasteiger partial charge in [-0.15, -0.1) is 0 Å². The number of ether oxygens (including phenoxy) is 3. The Balaban J connectivity index is 0.000000202. The third-order valence-electron chi connectivity index (χ3n) is 11.5. The van der Waals surface area contributed by atoms with Gasteiger partial charge in [-0.05, 0) is 79.5 Å². The van der Waals surface area contributed by atoms with E-state index in [1.54, 1.807) is 0 Å². The summed E-state index contributed by atoms with van der Waals surface area (Å²) in [4.78, 5) is 41.2. The zero-order valence-corrected chi connectivity index (χ0v) is 35.2. The van der Waals surface area contributed by atoms with Crippen molar-refractivity contribution in [2.75, 3.05) is 71.3 Å². The van der Waals surface area contributed by atoms with Gasteiger partial charge < -0.3 is 35.1 Å². The van der Waals surface area contributed by atoms with Gasteiger partial charge in [-0.1, -0.05) is 20.8 Å². The molecule has 7 rings (SSSR count). The highest BCUT2D eigenvalue weighted by molar-refractivity contribution is 8.00. The Morgan fingerprint density at radius 3 is 1.62 bits per heavy atom. The molecule has 2 aromatic rings. The van der Waals surface area contributed by atoms with Crippen LogP contribution in [0.15, 0.2) is 36.4 Å². The lowest BCUT2D eigenvalue weighted by atomic mass is 9.57. The Bertz CT molecular complexity index is 1840. The minimum Gasteiger partial charge on any atom is -0.435 e. The summed E-state index contributed by atoms with van der Waals surface area (Å²) in [5.41, 5.74) is 0.291. The summed E-state index contributed by atoms with van der Waals surface area (Å²) in [6.45, 7) is 10.0. The summed E-state index contributed by atoms with van der Waals surface area (Å²) in [6.07, 6.45) is 4.05. The lowest BCUT2D eigenvalue weighted by Crippen LogP contribution is -2.66. The molecule has 2 aromatic carbocycles. The molecular weight excluding hydrogens is 817 g/mol. The number of amides is 3. The van der Waals surface area contributed by atoms with E-state index in [-0.39, 0.29) is 39.5 Å². The summed E-state index contributed by atoms with van der Waals surface area (Å²) >= 11 is 1.99. The number of benzene rings is 2. The van der Waals surface area contributed by atoms with Gasteiger partial charge in [-0.25, -0.2) is 8.78 Å². The Morgan fingerprint density at radius 2 is 1.22 bits per heavy atom. The first-order valence-corrected chi connectivity index (χ1v) is 21.2. The number of rotatable bonds is 16. The summed E-state index contributed by atoms with van der Waals surface area (Å²) in [6, 6.07) is 5.88. The molecule has 5 aliphatic rings. The highest BCUT2D eigenvalue weighted by Crippen LogP contribution is 2.52. The van der Waals surface area contributed by atoms with Crippen molar-refractivity contribution in [2.45, 2.75) is 76.9 Å². The Labute approximate surface area is 351 Å². The Morgan fingerprint density at radius 1 is 0.767 bits per heavy atom. The minimum absolute atomic E-state index is 0.00840. The average molecular weight is 872 g/mol. The molecule has 3 N–H and O–H groups in total. The van der Waals surface area contributed by atoms with Crippen molar-refractivity contribution in [3.63, 3.8) is 0 Å². The van der Waals surface area contributed by atoms with E-state index in [2.05, 4.69) is 56.0 Å². The van der Waals surface area contributed by atoms with Gasteiger partial charge in [0.05, 0.1) is 25.3 Å². The molecule has 3 saturated heterocycles. The third kappa shape index (κ3) is 12.7. The Hall–Kier alpha value is -3.74. The molecule has 0 aromatic heterocycles. The van der Waals surface area contributed by atoms with Crippen LogP contribution >= 0.6 is 11.8 Å². The monoisotopic (exact) mass is 871 g/mol. The second-order valence-electron chi connectivity index (χ2n) is 18.5. The van der Waals surface area contributed by atoms with Crippen LogP contribution in [0, 0.1) is 34.3 Å². The number of hydrogen-bond acceptors (Lipinski definition) is 9. The molecule has 0 radical (unpaired) electrons. The number of hydrogen-bond donors (Lipinski definition) is 3. The predicted octanol–water partition coefficient (Wildman–Crippen LogP) is 6.17. The number of carbonyl (C=O) groups excluding carboxylic acids is 3. The van der Waals surface area contributed by atoms with Gasteiger partial charge in [0.25, 0.3) is 11.8 Å². The molecule has 11 nitrogen and oxygen atoms in total. The fourth-order valence-corrected chi connectivity index (χ4v) is 10.1. The number of halogens is 6. The van der Waals surface area contributed by atoms with E-state index in [0.29, 0.717) is 54.8 Å². The van der Waals surface area contributed by atoms with E-state index in [0.717, 1.165) is 101 Å². The third-order valence-corrected chi connectivity index (χ3v) is 12.8.